The summed E-state index contributed by atoms with van der Waals surface area (Å²) in [6.07, 6.45) is 1.56. The molecule has 1 N–H and O–H groups in total. The fourth-order valence-corrected chi connectivity index (χ4v) is 0.831. The van der Waals surface area contributed by atoms with Crippen molar-refractivity contribution in [3.05, 3.63) is 41.7 Å². The summed E-state index contributed by atoms with van der Waals surface area (Å²) in [5.74, 6) is -0.248. The number of nitrogens with zero attached hydrogens (tertiary/aromatic N) is 1. The second-order valence-electron chi connectivity index (χ2n) is 2.41. The van der Waals surface area contributed by atoms with Crippen LogP contribution in [-0.2, 0) is 0 Å². The van der Waals surface area contributed by atoms with Gasteiger partial charge in [-0.15, -0.1) is 0 Å². The summed E-state index contributed by atoms with van der Waals surface area (Å²) in [4.78, 5) is 15.1. The Balaban J connectivity index is 2.54. The van der Waals surface area contributed by atoms with Gasteiger partial charge in [-0.05, 0) is 12.1 Å². The van der Waals surface area contributed by atoms with Crippen molar-refractivity contribution in [2.45, 2.75) is 0 Å². The predicted molar refractivity (Wildman–Crippen MR) is 51.6 cm³/mol. The van der Waals surface area contributed by atoms with Crippen molar-refractivity contribution in [2.24, 2.45) is 0 Å². The summed E-state index contributed by atoms with van der Waals surface area (Å²) in [6, 6.07) is 5.13. The molecule has 0 fully saturated rings. The van der Waals surface area contributed by atoms with Gasteiger partial charge in [0.25, 0.3) is 5.91 Å². The number of carbonyl (C=O) groups excluding carboxylic acids is 1. The van der Waals surface area contributed by atoms with Crippen LogP contribution in [0.25, 0.3) is 0 Å². The van der Waals surface area contributed by atoms with Gasteiger partial charge in [-0.2, -0.15) is 0 Å². The molecule has 13 heavy (non-hydrogen) atoms. The Morgan fingerprint density at radius 3 is 2.92 bits per heavy atom. The van der Waals surface area contributed by atoms with Crippen LogP contribution in [0.3, 0.4) is 0 Å². The van der Waals surface area contributed by atoms with E-state index in [0.29, 0.717) is 10.7 Å². The van der Waals surface area contributed by atoms with Gasteiger partial charge in [0.05, 0.1) is 6.54 Å². The highest BCUT2D eigenvalue weighted by Crippen LogP contribution is 1.96. The normalized spacial score (nSPS) is 9.31. The number of aromatic nitrogens is 1. The van der Waals surface area contributed by atoms with Crippen LogP contribution in [0, 0.1) is 0 Å². The second kappa shape index (κ2) is 4.62. The van der Waals surface area contributed by atoms with Crippen LogP contribution in [0.2, 0.25) is 0 Å². The Kier molecular flexibility index (Phi) is 3.46. The maximum atomic E-state index is 11.3. The highest BCUT2D eigenvalue weighted by molar-refractivity contribution is 6.29. The number of carbonyl (C=O) groups is 1. The standard InChI is InChI=1S/C9H9ClN2O/c1-7(10)6-12-9(13)8-4-2-3-5-11-8/h2-5H,1,6H2,(H,12,13). The molecule has 0 unspecified atom stereocenters. The molecule has 1 heterocycles. The van der Waals surface area contributed by atoms with E-state index in [1.165, 1.54) is 0 Å². The van der Waals surface area contributed by atoms with Gasteiger partial charge >= 0.3 is 0 Å². The van der Waals surface area contributed by atoms with Gasteiger partial charge < -0.3 is 5.32 Å². The lowest BCUT2D eigenvalue weighted by molar-refractivity contribution is 0.0952. The maximum Gasteiger partial charge on any atom is 0.270 e. The molecule has 0 aromatic carbocycles. The quantitative estimate of drug-likeness (QED) is 0.798. The van der Waals surface area contributed by atoms with Gasteiger partial charge in [-0.25, -0.2) is 0 Å². The number of amides is 1. The van der Waals surface area contributed by atoms with E-state index in [0.717, 1.165) is 0 Å². The SMILES string of the molecule is C=C(Cl)CNC(=O)c1ccccn1. The first-order chi connectivity index (χ1) is 6.20. The van der Waals surface area contributed by atoms with Crippen molar-refractivity contribution < 1.29 is 4.79 Å². The Morgan fingerprint density at radius 1 is 1.62 bits per heavy atom. The first-order valence-electron chi connectivity index (χ1n) is 3.72. The lowest BCUT2D eigenvalue weighted by Gasteiger charge is -2.01. The van der Waals surface area contributed by atoms with Gasteiger partial charge in [0.1, 0.15) is 5.69 Å². The molecule has 68 valence electrons. The third-order valence-corrected chi connectivity index (χ3v) is 1.47. The van der Waals surface area contributed by atoms with E-state index in [-0.39, 0.29) is 12.5 Å². The van der Waals surface area contributed by atoms with Crippen LogP contribution in [0.5, 0.6) is 0 Å². The predicted octanol–water partition coefficient (Wildman–Crippen LogP) is 1.56. The van der Waals surface area contributed by atoms with Crippen LogP contribution in [0.4, 0.5) is 0 Å². The van der Waals surface area contributed by atoms with E-state index in [1.54, 1.807) is 24.4 Å². The molecular weight excluding hydrogens is 188 g/mol. The average molecular weight is 197 g/mol. The molecule has 1 aromatic heterocycles. The van der Waals surface area contributed by atoms with Crippen molar-refractivity contribution in [3.63, 3.8) is 0 Å². The van der Waals surface area contributed by atoms with E-state index < -0.39 is 0 Å². The Hall–Kier alpha value is -1.35. The number of pyridine rings is 1. The van der Waals surface area contributed by atoms with Crippen molar-refractivity contribution in [1.29, 1.82) is 0 Å². The number of rotatable bonds is 3. The second-order valence-corrected chi connectivity index (χ2v) is 2.95. The monoisotopic (exact) mass is 196 g/mol. The van der Waals surface area contributed by atoms with E-state index in [4.69, 9.17) is 11.6 Å². The van der Waals surface area contributed by atoms with Crippen LogP contribution in [0.1, 0.15) is 10.5 Å². The van der Waals surface area contributed by atoms with Crippen molar-refractivity contribution in [1.82, 2.24) is 10.3 Å². The molecule has 0 saturated carbocycles. The molecule has 3 nitrogen and oxygen atoms in total. The Morgan fingerprint density at radius 2 is 2.38 bits per heavy atom. The molecule has 0 atom stereocenters. The summed E-state index contributed by atoms with van der Waals surface area (Å²) in [6.45, 7) is 3.71. The fraction of sp³-hybridized carbons (Fsp3) is 0.111. The maximum absolute atomic E-state index is 11.3. The van der Waals surface area contributed by atoms with Gasteiger partial charge in [0.15, 0.2) is 0 Å². The molecule has 4 heteroatoms. The number of nitrogens with one attached hydrogen (secondary N) is 1. The van der Waals surface area contributed by atoms with Crippen LogP contribution in [-0.4, -0.2) is 17.4 Å². The number of hydrogen-bond acceptors (Lipinski definition) is 2. The lowest BCUT2D eigenvalue weighted by Crippen LogP contribution is -2.25. The minimum Gasteiger partial charge on any atom is -0.346 e. The van der Waals surface area contributed by atoms with E-state index in [2.05, 4.69) is 16.9 Å². The summed E-state index contributed by atoms with van der Waals surface area (Å²) < 4.78 is 0. The van der Waals surface area contributed by atoms with Crippen molar-refractivity contribution in [2.75, 3.05) is 6.54 Å². The summed E-state index contributed by atoms with van der Waals surface area (Å²) in [5, 5.41) is 2.96. The van der Waals surface area contributed by atoms with E-state index in [9.17, 15) is 4.79 Å². The molecule has 0 aliphatic rings. The molecule has 1 rings (SSSR count). The van der Waals surface area contributed by atoms with E-state index >= 15 is 0 Å². The molecule has 0 spiro atoms. The summed E-state index contributed by atoms with van der Waals surface area (Å²) >= 11 is 5.48. The van der Waals surface area contributed by atoms with Gasteiger partial charge in [0.2, 0.25) is 0 Å². The first kappa shape index (κ1) is 9.74. The minimum atomic E-state index is -0.248. The van der Waals surface area contributed by atoms with Gasteiger partial charge in [-0.1, -0.05) is 24.2 Å². The fourth-order valence-electron chi connectivity index (χ4n) is 0.764. The molecule has 0 radical (unpaired) electrons. The molecule has 1 amide bonds. The Labute approximate surface area is 81.4 Å². The number of halogens is 1. The number of hydrogen-bond donors (Lipinski definition) is 1. The zero-order valence-corrected chi connectivity index (χ0v) is 7.71. The lowest BCUT2D eigenvalue weighted by atomic mass is 10.3. The largest absolute Gasteiger partial charge is 0.346 e. The Bertz CT molecular complexity index is 311. The highest BCUT2D eigenvalue weighted by Gasteiger charge is 2.04. The van der Waals surface area contributed by atoms with E-state index in [1.807, 2.05) is 0 Å². The molecule has 0 aliphatic carbocycles. The topological polar surface area (TPSA) is 42.0 Å². The molecular formula is C9H9ClN2O. The third-order valence-electron chi connectivity index (χ3n) is 1.34. The zero-order valence-electron chi connectivity index (χ0n) is 6.96. The van der Waals surface area contributed by atoms with Crippen LogP contribution in [0.15, 0.2) is 36.0 Å². The van der Waals surface area contributed by atoms with Gasteiger partial charge in [-0.3, -0.25) is 9.78 Å². The molecule has 1 aromatic rings. The minimum absolute atomic E-state index is 0.248. The smallest absolute Gasteiger partial charge is 0.270 e. The molecule has 0 saturated heterocycles. The van der Waals surface area contributed by atoms with Gasteiger partial charge in [0, 0.05) is 11.2 Å². The van der Waals surface area contributed by atoms with Crippen LogP contribution >= 0.6 is 11.6 Å². The molecule has 0 aliphatic heterocycles. The summed E-state index contributed by atoms with van der Waals surface area (Å²) in [5.41, 5.74) is 0.375. The first-order valence-corrected chi connectivity index (χ1v) is 4.10. The average Bonchev–Trinajstić information content (AvgIpc) is 2.15. The summed E-state index contributed by atoms with van der Waals surface area (Å²) in [7, 11) is 0. The molecule has 0 bridgehead atoms. The third kappa shape index (κ3) is 3.25. The highest BCUT2D eigenvalue weighted by atomic mass is 35.5. The van der Waals surface area contributed by atoms with Crippen molar-refractivity contribution in [3.8, 4) is 0 Å². The zero-order chi connectivity index (χ0) is 9.68. The van der Waals surface area contributed by atoms with Crippen molar-refractivity contribution >= 4 is 17.5 Å². The van der Waals surface area contributed by atoms with Crippen LogP contribution < -0.4 is 5.32 Å².